The van der Waals surface area contributed by atoms with Crippen LogP contribution in [-0.4, -0.2) is 40.7 Å². The van der Waals surface area contributed by atoms with Gasteiger partial charge in [0.1, 0.15) is 5.75 Å². The number of nitro groups is 1. The lowest BCUT2D eigenvalue weighted by Crippen LogP contribution is -2.26. The largest absolute Gasteiger partial charge is 0.497 e. The number of aromatic nitrogens is 2. The van der Waals surface area contributed by atoms with E-state index in [1.165, 1.54) is 36.3 Å². The van der Waals surface area contributed by atoms with E-state index in [4.69, 9.17) is 13.9 Å². The Labute approximate surface area is 181 Å². The van der Waals surface area contributed by atoms with Gasteiger partial charge in [-0.15, -0.1) is 10.2 Å². The molecule has 1 aliphatic heterocycles. The minimum atomic E-state index is -0.620. The molecule has 4 rings (SSSR count). The van der Waals surface area contributed by atoms with Gasteiger partial charge in [-0.3, -0.25) is 19.7 Å². The van der Waals surface area contributed by atoms with Gasteiger partial charge in [-0.1, -0.05) is 6.07 Å². The summed E-state index contributed by atoms with van der Waals surface area (Å²) in [6.45, 7) is -0.0502. The molecule has 2 aromatic carbocycles. The second kappa shape index (κ2) is 8.84. The predicted molar refractivity (Wildman–Crippen MR) is 110 cm³/mol. The third-order valence-electron chi connectivity index (χ3n) is 4.95. The normalized spacial score (nSPS) is 15.6. The lowest BCUT2D eigenvalue weighted by atomic mass is 10.1. The summed E-state index contributed by atoms with van der Waals surface area (Å²) >= 11 is 0. The monoisotopic (exact) mass is 438 g/mol. The van der Waals surface area contributed by atoms with Gasteiger partial charge in [-0.25, -0.2) is 0 Å². The highest BCUT2D eigenvalue weighted by Crippen LogP contribution is 2.29. The smallest absolute Gasteiger partial charge is 0.311 e. The number of anilines is 1. The summed E-state index contributed by atoms with van der Waals surface area (Å²) in [7, 11) is 1.54. The topological polar surface area (TPSA) is 138 Å². The summed E-state index contributed by atoms with van der Waals surface area (Å²) in [6.07, 6.45) is 0.0356. The number of non-ortho nitro benzene ring substituents is 1. The van der Waals surface area contributed by atoms with Crippen molar-refractivity contribution < 1.29 is 28.4 Å². The fourth-order valence-corrected chi connectivity index (χ4v) is 3.30. The molecule has 11 heteroatoms. The summed E-state index contributed by atoms with van der Waals surface area (Å²) in [4.78, 5) is 36.6. The fourth-order valence-electron chi connectivity index (χ4n) is 3.30. The van der Waals surface area contributed by atoms with Gasteiger partial charge in [-0.05, 0) is 24.3 Å². The van der Waals surface area contributed by atoms with Crippen molar-refractivity contribution in [1.29, 1.82) is 0 Å². The third-order valence-corrected chi connectivity index (χ3v) is 4.95. The van der Waals surface area contributed by atoms with E-state index in [1.54, 1.807) is 24.3 Å². The van der Waals surface area contributed by atoms with Crippen molar-refractivity contribution in [2.24, 2.45) is 5.92 Å². The quantitative estimate of drug-likeness (QED) is 0.309. The number of carbonyl (C=O) groups is 2. The molecule has 1 fully saturated rings. The van der Waals surface area contributed by atoms with Gasteiger partial charge in [0.05, 0.1) is 18.0 Å². The Morgan fingerprint density at radius 1 is 1.25 bits per heavy atom. The Balaban J connectivity index is 1.35. The Bertz CT molecular complexity index is 1160. The van der Waals surface area contributed by atoms with E-state index in [1.807, 2.05) is 0 Å². The summed E-state index contributed by atoms with van der Waals surface area (Å²) in [5.74, 6) is -0.517. The molecule has 1 unspecified atom stereocenters. The Kier molecular flexibility index (Phi) is 5.79. The van der Waals surface area contributed by atoms with Crippen molar-refractivity contribution in [2.45, 2.75) is 13.0 Å². The zero-order valence-electron chi connectivity index (χ0n) is 17.0. The van der Waals surface area contributed by atoms with Crippen LogP contribution in [-0.2, 0) is 20.9 Å². The molecule has 1 atom stereocenters. The highest BCUT2D eigenvalue weighted by Gasteiger charge is 2.36. The van der Waals surface area contributed by atoms with Crippen LogP contribution in [0.2, 0.25) is 0 Å². The van der Waals surface area contributed by atoms with Crippen LogP contribution in [0, 0.1) is 16.0 Å². The third kappa shape index (κ3) is 4.41. The van der Waals surface area contributed by atoms with E-state index in [0.717, 1.165) is 0 Å². The van der Waals surface area contributed by atoms with E-state index in [9.17, 15) is 19.7 Å². The SMILES string of the molecule is COc1cccc(N2CC(C(=O)OCc3nnc(-c4ccc([N+](=O)[O-])cc4)o3)CC2=O)c1. The highest BCUT2D eigenvalue weighted by molar-refractivity contribution is 5.99. The zero-order chi connectivity index (χ0) is 22.7. The molecular formula is C21H18N4O7. The van der Waals surface area contributed by atoms with Crippen molar-refractivity contribution in [3.05, 3.63) is 64.5 Å². The first kappa shape index (κ1) is 21.0. The van der Waals surface area contributed by atoms with Crippen molar-refractivity contribution in [2.75, 3.05) is 18.6 Å². The fraction of sp³-hybridized carbons (Fsp3) is 0.238. The number of benzene rings is 2. The van der Waals surface area contributed by atoms with Crippen molar-refractivity contribution in [1.82, 2.24) is 10.2 Å². The number of methoxy groups -OCH3 is 1. The van der Waals surface area contributed by atoms with Crippen LogP contribution in [0.5, 0.6) is 5.75 Å². The second-order valence-corrected chi connectivity index (χ2v) is 7.02. The second-order valence-electron chi connectivity index (χ2n) is 7.02. The molecule has 32 heavy (non-hydrogen) atoms. The maximum absolute atomic E-state index is 12.5. The predicted octanol–water partition coefficient (Wildman–Crippen LogP) is 2.75. The summed E-state index contributed by atoms with van der Waals surface area (Å²) in [6, 6.07) is 12.7. The van der Waals surface area contributed by atoms with Crippen LogP contribution in [0.15, 0.2) is 52.9 Å². The Morgan fingerprint density at radius 2 is 2.03 bits per heavy atom. The van der Waals surface area contributed by atoms with Crippen LogP contribution in [0.1, 0.15) is 12.3 Å². The van der Waals surface area contributed by atoms with Crippen LogP contribution in [0.3, 0.4) is 0 Å². The first-order valence-electron chi connectivity index (χ1n) is 9.63. The van der Waals surface area contributed by atoms with Gasteiger partial charge >= 0.3 is 5.97 Å². The molecule has 2 heterocycles. The molecule has 0 spiro atoms. The van der Waals surface area contributed by atoms with Gasteiger partial charge < -0.3 is 18.8 Å². The molecule has 1 saturated heterocycles. The molecule has 0 saturated carbocycles. The van der Waals surface area contributed by atoms with Crippen LogP contribution in [0.25, 0.3) is 11.5 Å². The number of ether oxygens (including phenoxy) is 2. The summed E-state index contributed by atoms with van der Waals surface area (Å²) in [5, 5.41) is 18.4. The minimum Gasteiger partial charge on any atom is -0.497 e. The molecule has 11 nitrogen and oxygen atoms in total. The van der Waals surface area contributed by atoms with Crippen molar-refractivity contribution >= 4 is 23.3 Å². The molecule has 1 aliphatic rings. The molecule has 0 aliphatic carbocycles. The minimum absolute atomic E-state index is 0.0356. The molecule has 1 amide bonds. The number of esters is 1. The lowest BCUT2D eigenvalue weighted by molar-refractivity contribution is -0.384. The van der Waals surface area contributed by atoms with E-state index in [2.05, 4.69) is 10.2 Å². The number of amides is 1. The molecule has 0 bridgehead atoms. The summed E-state index contributed by atoms with van der Waals surface area (Å²) in [5.41, 5.74) is 1.09. The number of nitro benzene ring substituents is 1. The standard InChI is InChI=1S/C21H18N4O7/c1-30-17-4-2-3-16(10-17)24-11-14(9-19(24)26)21(27)31-12-18-22-23-20(32-18)13-5-7-15(8-6-13)25(28)29/h2-8,10,14H,9,11-12H2,1H3. The van der Waals surface area contributed by atoms with Gasteiger partial charge in [0.15, 0.2) is 6.61 Å². The van der Waals surface area contributed by atoms with Gasteiger partial charge in [-0.2, -0.15) is 0 Å². The number of nitrogens with zero attached hydrogens (tertiary/aromatic N) is 4. The lowest BCUT2D eigenvalue weighted by Gasteiger charge is -2.17. The van der Waals surface area contributed by atoms with E-state index in [-0.39, 0.29) is 42.9 Å². The van der Waals surface area contributed by atoms with E-state index >= 15 is 0 Å². The number of hydrogen-bond donors (Lipinski definition) is 0. The first-order valence-corrected chi connectivity index (χ1v) is 9.63. The van der Waals surface area contributed by atoms with Crippen LogP contribution >= 0.6 is 0 Å². The zero-order valence-corrected chi connectivity index (χ0v) is 17.0. The number of hydrogen-bond acceptors (Lipinski definition) is 9. The molecule has 3 aromatic rings. The maximum atomic E-state index is 12.5. The molecule has 0 radical (unpaired) electrons. The average Bonchev–Trinajstić information content (AvgIpc) is 3.44. The molecule has 0 N–H and O–H groups in total. The molecule has 164 valence electrons. The number of rotatable bonds is 7. The van der Waals surface area contributed by atoms with Gasteiger partial charge in [0.25, 0.3) is 11.6 Å². The first-order chi connectivity index (χ1) is 15.4. The maximum Gasteiger partial charge on any atom is 0.311 e. The van der Waals surface area contributed by atoms with Crippen molar-refractivity contribution in [3.63, 3.8) is 0 Å². The van der Waals surface area contributed by atoms with Gasteiger partial charge in [0.2, 0.25) is 11.8 Å². The van der Waals surface area contributed by atoms with Gasteiger partial charge in [0, 0.05) is 42.4 Å². The Hall–Kier alpha value is -4.28. The Morgan fingerprint density at radius 3 is 2.75 bits per heavy atom. The summed E-state index contributed by atoms with van der Waals surface area (Å²) < 4.78 is 15.9. The van der Waals surface area contributed by atoms with E-state index in [0.29, 0.717) is 17.0 Å². The molecule has 1 aromatic heterocycles. The van der Waals surface area contributed by atoms with Crippen LogP contribution < -0.4 is 9.64 Å². The average molecular weight is 438 g/mol. The number of carbonyl (C=O) groups excluding carboxylic acids is 2. The van der Waals surface area contributed by atoms with Crippen LogP contribution in [0.4, 0.5) is 11.4 Å². The molecular weight excluding hydrogens is 420 g/mol. The van der Waals surface area contributed by atoms with E-state index < -0.39 is 16.8 Å². The highest BCUT2D eigenvalue weighted by atomic mass is 16.6. The van der Waals surface area contributed by atoms with Crippen molar-refractivity contribution in [3.8, 4) is 17.2 Å².